The van der Waals surface area contributed by atoms with Crippen LogP contribution < -0.4 is 15.4 Å². The molecule has 0 bridgehead atoms. The van der Waals surface area contributed by atoms with E-state index in [1.165, 1.54) is 0 Å². The maximum Gasteiger partial charge on any atom is 0.142 e. The van der Waals surface area contributed by atoms with Crippen LogP contribution in [0.3, 0.4) is 0 Å². The molecule has 0 aliphatic carbocycles. The topological polar surface area (TPSA) is 62.3 Å². The molecule has 1 aromatic carbocycles. The molecule has 0 fully saturated rings. The first-order valence-corrected chi connectivity index (χ1v) is 4.51. The molecule has 3 N–H and O–H groups in total. The molecule has 2 rings (SSSR count). The largest absolute Gasteiger partial charge is 0.490 e. The lowest BCUT2D eigenvalue weighted by Gasteiger charge is -2.27. The Hall–Kier alpha value is -1.71. The Kier molecular flexibility index (Phi) is 2.04. The Morgan fingerprint density at radius 3 is 3.07 bits per heavy atom. The summed E-state index contributed by atoms with van der Waals surface area (Å²) < 4.78 is 5.48. The van der Waals surface area contributed by atoms with Gasteiger partial charge in [-0.05, 0) is 18.2 Å². The van der Waals surface area contributed by atoms with Gasteiger partial charge in [0.15, 0.2) is 0 Å². The van der Waals surface area contributed by atoms with Gasteiger partial charge in [0.2, 0.25) is 0 Å². The summed E-state index contributed by atoms with van der Waals surface area (Å²) in [5, 5.41) is 7.34. The number of amidine groups is 1. The van der Waals surface area contributed by atoms with Crippen LogP contribution in [-0.2, 0) is 0 Å². The number of fused-ring (bicyclic) bond motifs is 1. The molecular weight excluding hydrogens is 178 g/mol. The van der Waals surface area contributed by atoms with E-state index in [0.717, 1.165) is 23.5 Å². The molecule has 0 aromatic heterocycles. The van der Waals surface area contributed by atoms with Crippen LogP contribution in [0.4, 0.5) is 5.69 Å². The van der Waals surface area contributed by atoms with E-state index in [-0.39, 0.29) is 5.84 Å². The van der Waals surface area contributed by atoms with Crippen molar-refractivity contribution in [1.29, 1.82) is 5.41 Å². The van der Waals surface area contributed by atoms with Crippen LogP contribution in [-0.4, -0.2) is 26.0 Å². The van der Waals surface area contributed by atoms with E-state index in [1.807, 2.05) is 19.2 Å². The summed E-state index contributed by atoms with van der Waals surface area (Å²) in [5.74, 6) is 0.954. The predicted octanol–water partition coefficient (Wildman–Crippen LogP) is 0.799. The lowest BCUT2D eigenvalue weighted by Crippen LogP contribution is -2.29. The van der Waals surface area contributed by atoms with E-state index in [4.69, 9.17) is 15.9 Å². The summed E-state index contributed by atoms with van der Waals surface area (Å²) in [6.07, 6.45) is 0. The van der Waals surface area contributed by atoms with Crippen LogP contribution in [0.15, 0.2) is 18.2 Å². The van der Waals surface area contributed by atoms with Crippen molar-refractivity contribution in [3.63, 3.8) is 0 Å². The van der Waals surface area contributed by atoms with Gasteiger partial charge >= 0.3 is 0 Å². The monoisotopic (exact) mass is 191 g/mol. The second kappa shape index (κ2) is 3.21. The first-order valence-electron chi connectivity index (χ1n) is 4.51. The first-order chi connectivity index (χ1) is 6.68. The van der Waals surface area contributed by atoms with Crippen LogP contribution in [0.25, 0.3) is 0 Å². The van der Waals surface area contributed by atoms with E-state index < -0.39 is 0 Å². The Bertz CT molecular complexity index is 376. The Morgan fingerprint density at radius 2 is 2.36 bits per heavy atom. The van der Waals surface area contributed by atoms with Crippen LogP contribution in [0.2, 0.25) is 0 Å². The molecule has 4 nitrogen and oxygen atoms in total. The zero-order valence-corrected chi connectivity index (χ0v) is 8.08. The molecule has 0 spiro atoms. The second-order valence-electron chi connectivity index (χ2n) is 3.37. The van der Waals surface area contributed by atoms with Gasteiger partial charge in [-0.3, -0.25) is 5.41 Å². The maximum absolute atomic E-state index is 7.34. The Balaban J connectivity index is 2.45. The van der Waals surface area contributed by atoms with Crippen molar-refractivity contribution in [3.05, 3.63) is 23.8 Å². The van der Waals surface area contributed by atoms with Crippen molar-refractivity contribution in [1.82, 2.24) is 0 Å². The lowest BCUT2D eigenvalue weighted by molar-refractivity contribution is 0.311. The number of likely N-dealkylation sites (N-methyl/N-ethyl adjacent to an activating group) is 1. The van der Waals surface area contributed by atoms with Gasteiger partial charge in [-0.1, -0.05) is 0 Å². The fourth-order valence-electron chi connectivity index (χ4n) is 1.52. The highest BCUT2D eigenvalue weighted by Gasteiger charge is 2.15. The van der Waals surface area contributed by atoms with Crippen LogP contribution in [0.1, 0.15) is 5.56 Å². The minimum atomic E-state index is 0.0896. The van der Waals surface area contributed by atoms with Crippen molar-refractivity contribution in [2.24, 2.45) is 5.73 Å². The van der Waals surface area contributed by atoms with Gasteiger partial charge < -0.3 is 15.4 Å². The molecule has 1 aliphatic heterocycles. The van der Waals surface area contributed by atoms with Gasteiger partial charge in [0.1, 0.15) is 18.2 Å². The minimum Gasteiger partial charge on any atom is -0.490 e. The third-order valence-corrected chi connectivity index (χ3v) is 2.37. The average Bonchev–Trinajstić information content (AvgIpc) is 2.18. The molecule has 0 atom stereocenters. The fraction of sp³-hybridized carbons (Fsp3) is 0.300. The molecule has 14 heavy (non-hydrogen) atoms. The van der Waals surface area contributed by atoms with Gasteiger partial charge in [-0.25, -0.2) is 0 Å². The van der Waals surface area contributed by atoms with Crippen molar-refractivity contribution in [2.45, 2.75) is 0 Å². The number of nitrogens with zero attached hydrogens (tertiary/aromatic N) is 1. The van der Waals surface area contributed by atoms with Crippen LogP contribution in [0.5, 0.6) is 5.75 Å². The van der Waals surface area contributed by atoms with Gasteiger partial charge in [0, 0.05) is 12.6 Å². The highest BCUT2D eigenvalue weighted by molar-refractivity contribution is 5.96. The molecule has 4 heteroatoms. The van der Waals surface area contributed by atoms with Gasteiger partial charge in [0.25, 0.3) is 0 Å². The number of hydrogen-bond acceptors (Lipinski definition) is 3. The zero-order chi connectivity index (χ0) is 10.1. The quantitative estimate of drug-likeness (QED) is 0.510. The molecule has 0 saturated heterocycles. The zero-order valence-electron chi connectivity index (χ0n) is 8.08. The van der Waals surface area contributed by atoms with E-state index in [9.17, 15) is 0 Å². The number of nitrogens with one attached hydrogen (secondary N) is 1. The van der Waals surface area contributed by atoms with Crippen LogP contribution in [0, 0.1) is 5.41 Å². The second-order valence-corrected chi connectivity index (χ2v) is 3.37. The van der Waals surface area contributed by atoms with E-state index in [2.05, 4.69) is 4.90 Å². The highest BCUT2D eigenvalue weighted by Crippen LogP contribution is 2.31. The predicted molar refractivity (Wildman–Crippen MR) is 56.2 cm³/mol. The molecule has 0 amide bonds. The highest BCUT2D eigenvalue weighted by atomic mass is 16.5. The number of rotatable bonds is 1. The summed E-state index contributed by atoms with van der Waals surface area (Å²) in [5.41, 5.74) is 7.16. The third-order valence-electron chi connectivity index (χ3n) is 2.37. The van der Waals surface area contributed by atoms with E-state index >= 15 is 0 Å². The molecule has 74 valence electrons. The third kappa shape index (κ3) is 1.39. The van der Waals surface area contributed by atoms with E-state index in [1.54, 1.807) is 6.07 Å². The van der Waals surface area contributed by atoms with Crippen molar-refractivity contribution in [3.8, 4) is 5.75 Å². The number of nitrogens with two attached hydrogens (primary N) is 1. The summed E-state index contributed by atoms with van der Waals surface area (Å²) in [7, 11) is 2.01. The summed E-state index contributed by atoms with van der Waals surface area (Å²) in [4.78, 5) is 2.10. The van der Waals surface area contributed by atoms with Crippen LogP contribution >= 0.6 is 0 Å². The normalized spacial score (nSPS) is 14.5. The lowest BCUT2D eigenvalue weighted by atomic mass is 10.1. The van der Waals surface area contributed by atoms with Gasteiger partial charge in [-0.15, -0.1) is 0 Å². The molecule has 0 radical (unpaired) electrons. The maximum atomic E-state index is 7.34. The molecular formula is C10H13N3O. The van der Waals surface area contributed by atoms with E-state index in [0.29, 0.717) is 6.61 Å². The fourth-order valence-corrected chi connectivity index (χ4v) is 1.52. The summed E-state index contributed by atoms with van der Waals surface area (Å²) >= 11 is 0. The Labute approximate surface area is 82.8 Å². The van der Waals surface area contributed by atoms with Crippen molar-refractivity contribution in [2.75, 3.05) is 25.1 Å². The standard InChI is InChI=1S/C10H13N3O/c1-13-4-5-14-9-3-2-7(10(11)12)6-8(9)13/h2-3,6H,4-5H2,1H3,(H3,11,12). The SMILES string of the molecule is CN1CCOc2ccc(C(=N)N)cc21. The van der Waals surface area contributed by atoms with Gasteiger partial charge in [-0.2, -0.15) is 0 Å². The summed E-state index contributed by atoms with van der Waals surface area (Å²) in [6, 6.07) is 5.55. The number of anilines is 1. The number of benzene rings is 1. The molecule has 1 aliphatic rings. The molecule has 0 saturated carbocycles. The number of hydrogen-bond donors (Lipinski definition) is 2. The average molecular weight is 191 g/mol. The minimum absolute atomic E-state index is 0.0896. The summed E-state index contributed by atoms with van der Waals surface area (Å²) in [6.45, 7) is 1.58. The first kappa shape index (κ1) is 8.87. The Morgan fingerprint density at radius 1 is 1.57 bits per heavy atom. The smallest absolute Gasteiger partial charge is 0.142 e. The van der Waals surface area contributed by atoms with Crippen molar-refractivity contribution < 1.29 is 4.74 Å². The van der Waals surface area contributed by atoms with Gasteiger partial charge in [0.05, 0.1) is 12.2 Å². The molecule has 1 aromatic rings. The van der Waals surface area contributed by atoms with Crippen molar-refractivity contribution >= 4 is 11.5 Å². The number of nitrogen functional groups attached to an aromatic ring is 1. The molecule has 1 heterocycles. The number of ether oxygens (including phenoxy) is 1. The molecule has 0 unspecified atom stereocenters.